The van der Waals surface area contributed by atoms with Gasteiger partial charge in [0.15, 0.2) is 44.2 Å². The van der Waals surface area contributed by atoms with Crippen molar-refractivity contribution >= 4 is 116 Å². The normalized spacial score (nSPS) is 20.5. The lowest BCUT2D eigenvalue weighted by Crippen LogP contribution is -2.62. The van der Waals surface area contributed by atoms with Gasteiger partial charge in [-0.2, -0.15) is 0 Å². The molecule has 0 saturated carbocycles. The number of benzene rings is 3. The molecule has 6 aromatic rings. The lowest BCUT2D eigenvalue weighted by molar-refractivity contribution is -0.150. The van der Waals surface area contributed by atoms with Gasteiger partial charge in [-0.1, -0.05) is 35.9 Å². The highest BCUT2D eigenvalue weighted by molar-refractivity contribution is 7.14. The highest BCUT2D eigenvalue weighted by atomic mass is 35.5. The number of esters is 4. The number of aliphatic imine (C=N–C) groups is 2. The van der Waals surface area contributed by atoms with E-state index in [1.807, 2.05) is 34.1 Å². The number of amides is 4. The first-order valence-corrected chi connectivity index (χ1v) is 32.8. The first-order chi connectivity index (χ1) is 45.8. The molecule has 0 bridgehead atoms. The minimum atomic E-state index is -1.00. The second kappa shape index (κ2) is 29.2. The van der Waals surface area contributed by atoms with Gasteiger partial charge < -0.3 is 39.4 Å². The predicted molar refractivity (Wildman–Crippen MR) is 349 cm³/mol. The number of hydrogen-bond donors (Lipinski definition) is 2. The lowest BCUT2D eigenvalue weighted by Gasteiger charge is -2.42. The number of ketones is 1. The number of amidine groups is 2. The smallest absolute Gasteiger partial charge is 0.338 e. The molecule has 9 heterocycles. The summed E-state index contributed by atoms with van der Waals surface area (Å²) in [7, 11) is 5.15. The van der Waals surface area contributed by atoms with Gasteiger partial charge in [-0.05, 0) is 79.4 Å². The van der Waals surface area contributed by atoms with E-state index in [4.69, 9.17) is 40.5 Å². The summed E-state index contributed by atoms with van der Waals surface area (Å²) < 4.78 is 63.3. The highest BCUT2D eigenvalue weighted by Crippen LogP contribution is 2.40. The lowest BCUT2D eigenvalue weighted by atomic mass is 9.92. The maximum Gasteiger partial charge on any atom is 0.338 e. The fraction of sp³-hybridized carbons (Fsp3) is 0.344. The van der Waals surface area contributed by atoms with Crippen LogP contribution in [0, 0.1) is 24.4 Å². The molecule has 0 aliphatic carbocycles. The summed E-state index contributed by atoms with van der Waals surface area (Å²) in [4.78, 5) is 124. The Morgan fingerprint density at radius 1 is 0.716 bits per heavy atom. The van der Waals surface area contributed by atoms with Crippen LogP contribution in [-0.4, -0.2) is 193 Å². The Balaban J connectivity index is 0.000000194. The number of methoxy groups -OCH3 is 4. The second-order valence-corrected chi connectivity index (χ2v) is 25.5. The van der Waals surface area contributed by atoms with Gasteiger partial charge in [0.05, 0.1) is 70.5 Å². The molecule has 2 N–H and O–H groups in total. The van der Waals surface area contributed by atoms with Crippen LogP contribution in [-0.2, 0) is 49.3 Å². The highest BCUT2D eigenvalue weighted by Gasteiger charge is 2.51. The number of aromatic nitrogens is 3. The number of urea groups is 2. The average Bonchev–Trinajstić information content (AvgIpc) is 1.76. The molecule has 0 unspecified atom stereocenters. The molecule has 3 aromatic carbocycles. The molecule has 3 aromatic heterocycles. The van der Waals surface area contributed by atoms with E-state index < -0.39 is 59.5 Å². The topological polar surface area (TPSA) is 263 Å². The van der Waals surface area contributed by atoms with Crippen LogP contribution < -0.4 is 20.4 Å². The van der Waals surface area contributed by atoms with Gasteiger partial charge in [0.1, 0.15) is 23.9 Å². The molecule has 12 rings (SSSR count). The summed E-state index contributed by atoms with van der Waals surface area (Å²) in [5, 5.41) is 13.6. The monoisotopic (exact) mass is 1380 g/mol. The van der Waals surface area contributed by atoms with Crippen molar-refractivity contribution in [1.29, 1.82) is 0 Å². The van der Waals surface area contributed by atoms with Crippen LogP contribution in [0.15, 0.2) is 122 Å². The Labute approximate surface area is 560 Å². The Morgan fingerprint density at radius 2 is 1.35 bits per heavy atom. The second-order valence-electron chi connectivity index (χ2n) is 22.5. The number of rotatable bonds is 18. The first-order valence-electron chi connectivity index (χ1n) is 29.8. The molecule has 0 spiro atoms. The zero-order valence-corrected chi connectivity index (χ0v) is 55.3. The maximum atomic E-state index is 14.7. The number of nitrogens with one attached hydrogen (secondary N) is 2. The number of aryl methyl sites for hydroxylation is 1. The van der Waals surface area contributed by atoms with Gasteiger partial charge in [0.2, 0.25) is 0 Å². The van der Waals surface area contributed by atoms with Crippen molar-refractivity contribution in [1.82, 2.24) is 45.2 Å². The Kier molecular flexibility index (Phi) is 20.7. The number of halogens is 4. The number of fused-ring (bicyclic) bond motifs is 2. The number of allylic oxidation sites excluding steroid dienone is 1. The third-order valence-electron chi connectivity index (χ3n) is 16.8. The Bertz CT molecular complexity index is 4130. The molecule has 496 valence electrons. The minimum Gasteiger partial charge on any atom is -0.469 e. The van der Waals surface area contributed by atoms with Gasteiger partial charge in [0, 0.05) is 108 Å². The zero-order valence-electron chi connectivity index (χ0n) is 52.0. The fourth-order valence-corrected chi connectivity index (χ4v) is 14.4. The fourth-order valence-electron chi connectivity index (χ4n) is 12.2. The van der Waals surface area contributed by atoms with Crippen molar-refractivity contribution in [3.8, 4) is 0 Å². The third kappa shape index (κ3) is 14.3. The van der Waals surface area contributed by atoms with Crippen LogP contribution in [0.4, 0.5) is 33.6 Å². The van der Waals surface area contributed by atoms with Crippen LogP contribution in [0.1, 0.15) is 63.4 Å². The molecule has 0 radical (unpaired) electrons. The van der Waals surface area contributed by atoms with E-state index in [1.54, 1.807) is 49.3 Å². The van der Waals surface area contributed by atoms with Crippen LogP contribution in [0.5, 0.6) is 0 Å². The molecule has 6 aliphatic rings. The minimum absolute atomic E-state index is 0.0390. The van der Waals surface area contributed by atoms with E-state index in [9.17, 15) is 46.7 Å². The molecule has 6 aliphatic heterocycles. The standard InChI is InChI=1S/C34H34ClFN6O7S.C30H29F2N7O4S2/c1-47-26(43)11-6-19-4-8-21(9-5-19)42-18-25-29(33(45)49-3)40(13-14-41(25)34(42)46)17-24-27(32(44)48-2)28(22-10-7-20(36)16-23(22)35)39-30(38-24)31-37-12-15-50-31;1-16(40)4-5-18-15-45-29(34-18)39-13-19-12-37(9-10-38(19)30(39)42)14-22-23(28(41)43-3)25(20-6-7-21(31)24(32)17(20)2)36-26(35-22)27-33-8-11-44-27/h4-5,7-10,12,15-16,25,28-29H,6,11,13-14,17-18H2,1-3H3,(H,38,39);4-8,11,15,19,25H,9-10,12-14H2,1-3H3,(H,35,36)/b;5-4+/t25-,28+,29+;19-,25-/m10/s1. The number of piperazine rings is 2. The molecule has 4 amide bonds. The third-order valence-corrected chi connectivity index (χ3v) is 19.6. The summed E-state index contributed by atoms with van der Waals surface area (Å²) in [5.41, 5.74) is 4.14. The average molecular weight is 1380 g/mol. The molecule has 4 saturated heterocycles. The SMILES string of the molecule is COC(=O)C1=C(CN2CCN3C(=O)N(c4nc(/C=C/C(C)=O)cs4)C[C@@H]3C2)NC(c2nccs2)=N[C@H]1c1ccc(F)c(F)c1C.COC(=O)CCc1ccc(N2C[C@@H]3[C@@H](C(=O)OC)N(CC4=C(C(=O)OC)[C@H](c5ccc(F)cc5Cl)N=C(c5nccs5)N4)CCN3C2=O)cc1. The first kappa shape index (κ1) is 67.2. The summed E-state index contributed by atoms with van der Waals surface area (Å²) in [6.45, 7) is 5.94. The molecule has 4 fully saturated rings. The Morgan fingerprint density at radius 3 is 1.96 bits per heavy atom. The van der Waals surface area contributed by atoms with Gasteiger partial charge in [0.25, 0.3) is 0 Å². The number of nitrogens with zero attached hydrogens (tertiary/aromatic N) is 11. The van der Waals surface area contributed by atoms with Crippen molar-refractivity contribution in [3.63, 3.8) is 0 Å². The van der Waals surface area contributed by atoms with Crippen LogP contribution in [0.3, 0.4) is 0 Å². The number of hydrogen-bond acceptors (Lipinski definition) is 23. The van der Waals surface area contributed by atoms with E-state index in [2.05, 4.69) is 30.5 Å². The molecule has 95 heavy (non-hydrogen) atoms. The van der Waals surface area contributed by atoms with Crippen molar-refractivity contribution in [2.75, 3.05) is 97.1 Å². The van der Waals surface area contributed by atoms with Crippen molar-refractivity contribution < 1.29 is 65.7 Å². The van der Waals surface area contributed by atoms with Crippen LogP contribution in [0.25, 0.3) is 6.08 Å². The predicted octanol–water partition coefficient (Wildman–Crippen LogP) is 7.66. The zero-order chi connectivity index (χ0) is 67.4. The summed E-state index contributed by atoms with van der Waals surface area (Å²) in [6, 6.07) is 9.71. The number of ether oxygens (including phenoxy) is 4. The summed E-state index contributed by atoms with van der Waals surface area (Å²) in [5.74, 6) is -4.05. The molecule has 24 nitrogen and oxygen atoms in total. The number of carbonyl (C=O) groups excluding carboxylic acids is 7. The molecular weight excluding hydrogens is 1320 g/mol. The molecular formula is C64H63ClF3N13O11S3. The van der Waals surface area contributed by atoms with E-state index >= 15 is 0 Å². The van der Waals surface area contributed by atoms with E-state index in [0.29, 0.717) is 99.9 Å². The Hall–Kier alpha value is -9.20. The van der Waals surface area contributed by atoms with Gasteiger partial charge in [-0.25, -0.2) is 47.3 Å². The van der Waals surface area contributed by atoms with Crippen molar-refractivity contribution in [2.24, 2.45) is 9.98 Å². The number of anilines is 2. The molecule has 31 heteroatoms. The van der Waals surface area contributed by atoms with E-state index in [-0.39, 0.29) is 84.2 Å². The van der Waals surface area contributed by atoms with Crippen molar-refractivity contribution in [2.45, 2.75) is 56.9 Å². The van der Waals surface area contributed by atoms with Gasteiger partial charge >= 0.3 is 35.9 Å². The van der Waals surface area contributed by atoms with Crippen LogP contribution in [0.2, 0.25) is 5.02 Å². The van der Waals surface area contributed by atoms with Crippen molar-refractivity contribution in [3.05, 3.63) is 172 Å². The van der Waals surface area contributed by atoms with Gasteiger partial charge in [-0.15, -0.1) is 34.0 Å². The largest absolute Gasteiger partial charge is 0.469 e. The molecule has 5 atom stereocenters. The summed E-state index contributed by atoms with van der Waals surface area (Å²) >= 11 is 10.5. The van der Waals surface area contributed by atoms with E-state index in [1.165, 1.54) is 101 Å². The van der Waals surface area contributed by atoms with E-state index in [0.717, 1.165) is 17.7 Å². The summed E-state index contributed by atoms with van der Waals surface area (Å²) in [6.07, 6.45) is 7.05. The van der Waals surface area contributed by atoms with Gasteiger partial charge in [-0.3, -0.25) is 44.0 Å². The number of thiazole rings is 3. The maximum absolute atomic E-state index is 14.7. The number of carbonyl (C=O) groups is 7. The van der Waals surface area contributed by atoms with Crippen LogP contribution >= 0.6 is 45.6 Å². The quantitative estimate of drug-likeness (QED) is 0.0475.